The summed E-state index contributed by atoms with van der Waals surface area (Å²) in [6.45, 7) is 0.732. The zero-order valence-corrected chi connectivity index (χ0v) is 22.6. The maximum atomic E-state index is 13.2. The normalized spacial score (nSPS) is 11.4. The van der Waals surface area contributed by atoms with Gasteiger partial charge in [-0.05, 0) is 50.2 Å². The van der Waals surface area contributed by atoms with Crippen LogP contribution in [0.1, 0.15) is 35.3 Å². The summed E-state index contributed by atoms with van der Waals surface area (Å²) in [7, 11) is 0. The van der Waals surface area contributed by atoms with Gasteiger partial charge in [0.1, 0.15) is 18.8 Å². The van der Waals surface area contributed by atoms with Gasteiger partial charge in [0.2, 0.25) is 6.79 Å². The van der Waals surface area contributed by atoms with Crippen molar-refractivity contribution in [3.63, 3.8) is 0 Å². The maximum absolute atomic E-state index is 13.2. The highest BCUT2D eigenvalue weighted by Gasteiger charge is 2.37. The molecule has 0 spiro atoms. The van der Waals surface area contributed by atoms with Crippen molar-refractivity contribution in [2.45, 2.75) is 26.2 Å². The highest BCUT2D eigenvalue weighted by atomic mass is 35.5. The van der Waals surface area contributed by atoms with Crippen molar-refractivity contribution in [3.05, 3.63) is 58.1 Å². The topological polar surface area (TPSA) is 120 Å². The summed E-state index contributed by atoms with van der Waals surface area (Å²) in [5.41, 5.74) is -4.58. The van der Waals surface area contributed by atoms with Gasteiger partial charge in [-0.1, -0.05) is 11.6 Å². The molecule has 0 fully saturated rings. The third-order valence-corrected chi connectivity index (χ3v) is 5.17. The van der Waals surface area contributed by atoms with E-state index in [1.54, 1.807) is 0 Å². The number of amides is 2. The number of rotatable bonds is 11. The van der Waals surface area contributed by atoms with E-state index in [1.807, 2.05) is 5.32 Å². The summed E-state index contributed by atoms with van der Waals surface area (Å²) in [4.78, 5) is 49.6. The Kier molecular flexibility index (Phi) is 11.8. The molecule has 10 nitrogen and oxygen atoms in total. The minimum absolute atomic E-state index is 0.0103. The number of ether oxygens (including phenoxy) is 4. The lowest BCUT2D eigenvalue weighted by molar-refractivity contribution is -0.148. The molecule has 1 N–H and O–H groups in total. The molecule has 0 aliphatic heterocycles. The van der Waals surface area contributed by atoms with Gasteiger partial charge in [0.05, 0.1) is 29.9 Å². The number of carbonyl (C=O) groups is 4. The summed E-state index contributed by atoms with van der Waals surface area (Å²) < 4.78 is 98.7. The molecule has 2 amide bonds. The van der Waals surface area contributed by atoms with Crippen LogP contribution in [0.15, 0.2) is 36.4 Å². The van der Waals surface area contributed by atoms with E-state index >= 15 is 0 Å². The highest BCUT2D eigenvalue weighted by Crippen LogP contribution is 2.38. The number of nitrogens with one attached hydrogen (secondary N) is 1. The fourth-order valence-corrected chi connectivity index (χ4v) is 3.35. The number of hydrogen-bond acceptors (Lipinski definition) is 8. The average molecular weight is 629 g/mol. The van der Waals surface area contributed by atoms with E-state index in [4.69, 9.17) is 30.5 Å². The Hall–Kier alpha value is -4.21. The van der Waals surface area contributed by atoms with Crippen LogP contribution >= 0.6 is 11.6 Å². The molecule has 0 heterocycles. The van der Waals surface area contributed by atoms with Crippen molar-refractivity contribution in [2.24, 2.45) is 0 Å². The first-order valence-electron chi connectivity index (χ1n) is 11.8. The smallest absolute Gasteiger partial charge is 0.416 e. The monoisotopic (exact) mass is 628 g/mol. The summed E-state index contributed by atoms with van der Waals surface area (Å²) in [5.74, 6) is -3.27. The van der Waals surface area contributed by atoms with Crippen LogP contribution in [0.4, 0.5) is 36.8 Å². The van der Waals surface area contributed by atoms with Gasteiger partial charge in [-0.25, -0.2) is 4.79 Å². The van der Waals surface area contributed by atoms with Gasteiger partial charge in [0.15, 0.2) is 0 Å². The minimum atomic E-state index is -5.15. The predicted octanol–water partition coefficient (Wildman–Crippen LogP) is 5.53. The van der Waals surface area contributed by atoms with E-state index in [-0.39, 0.29) is 30.1 Å². The molecular weight excluding hydrogens is 606 g/mol. The van der Waals surface area contributed by atoms with Gasteiger partial charge >= 0.3 is 30.4 Å². The highest BCUT2D eigenvalue weighted by molar-refractivity contribution is 6.31. The first-order chi connectivity index (χ1) is 19.5. The van der Waals surface area contributed by atoms with E-state index in [0.717, 1.165) is 12.1 Å². The van der Waals surface area contributed by atoms with Crippen LogP contribution in [-0.2, 0) is 36.2 Å². The van der Waals surface area contributed by atoms with Gasteiger partial charge in [0, 0.05) is 10.7 Å². The van der Waals surface area contributed by atoms with Crippen molar-refractivity contribution in [2.75, 3.05) is 38.4 Å². The molecule has 0 bridgehead atoms. The lowest BCUT2D eigenvalue weighted by Crippen LogP contribution is -2.41. The summed E-state index contributed by atoms with van der Waals surface area (Å²) in [6, 6.07) is 3.86. The Morgan fingerprint density at radius 1 is 0.810 bits per heavy atom. The van der Waals surface area contributed by atoms with E-state index in [9.17, 15) is 45.5 Å². The Labute approximate surface area is 239 Å². The van der Waals surface area contributed by atoms with Crippen LogP contribution in [-0.4, -0.2) is 61.9 Å². The molecule has 0 saturated heterocycles. The summed E-state index contributed by atoms with van der Waals surface area (Å²) >= 11 is 5.90. The second-order valence-corrected chi connectivity index (χ2v) is 8.46. The van der Waals surface area contributed by atoms with Gasteiger partial charge in [-0.3, -0.25) is 19.3 Å². The van der Waals surface area contributed by atoms with Crippen molar-refractivity contribution < 1.29 is 64.5 Å². The largest absolute Gasteiger partial charge is 0.465 e. The number of esters is 2. The Morgan fingerprint density at radius 2 is 1.33 bits per heavy atom. The van der Waals surface area contributed by atoms with Gasteiger partial charge < -0.3 is 24.3 Å². The third-order valence-electron chi connectivity index (χ3n) is 4.94. The zero-order valence-electron chi connectivity index (χ0n) is 21.9. The van der Waals surface area contributed by atoms with Crippen LogP contribution in [0.2, 0.25) is 5.02 Å². The van der Waals surface area contributed by atoms with E-state index in [0.29, 0.717) is 17.0 Å². The molecule has 2 aromatic carbocycles. The molecule has 2 aromatic rings. The number of carbonyl (C=O) groups excluding carboxylic acids is 4. The first kappa shape index (κ1) is 34.0. The number of nitrogens with zero attached hydrogens (tertiary/aromatic N) is 1. The second kappa shape index (κ2) is 14.6. The van der Waals surface area contributed by atoms with Crippen molar-refractivity contribution in [1.82, 2.24) is 4.90 Å². The van der Waals surface area contributed by atoms with Gasteiger partial charge in [-0.15, -0.1) is 0 Å². The van der Waals surface area contributed by atoms with Crippen molar-refractivity contribution in [1.29, 1.82) is 0 Å². The standard InChI is InChI=1S/C25H23ClF6N2O8/c1-3-39-20(35)11-34(12-21(36)40-4-2)23(38)42-13-41-19-6-5-16(26)10-18(19)22(37)33-17-8-14(24(27,28)29)7-15(9-17)25(30,31)32/h5-10H,3-4,11-13H2,1-2H3,(H,33,37). The van der Waals surface area contributed by atoms with E-state index in [1.165, 1.54) is 19.9 Å². The average Bonchev–Trinajstić information content (AvgIpc) is 2.88. The molecule has 42 heavy (non-hydrogen) atoms. The van der Waals surface area contributed by atoms with Crippen LogP contribution in [0.25, 0.3) is 0 Å². The number of benzene rings is 2. The fourth-order valence-electron chi connectivity index (χ4n) is 3.18. The second-order valence-electron chi connectivity index (χ2n) is 8.03. The van der Waals surface area contributed by atoms with Crippen LogP contribution in [0, 0.1) is 0 Å². The van der Waals surface area contributed by atoms with Gasteiger partial charge in [-0.2, -0.15) is 26.3 Å². The minimum Gasteiger partial charge on any atom is -0.465 e. The summed E-state index contributed by atoms with van der Waals surface area (Å²) in [5, 5.41) is 1.88. The Bertz CT molecular complexity index is 1250. The molecule has 0 aliphatic rings. The van der Waals surface area contributed by atoms with Crippen molar-refractivity contribution in [3.8, 4) is 5.75 Å². The van der Waals surface area contributed by atoms with E-state index in [2.05, 4.69) is 0 Å². The fraction of sp³-hybridized carbons (Fsp3) is 0.360. The molecule has 17 heteroatoms. The van der Waals surface area contributed by atoms with Crippen molar-refractivity contribution >= 4 is 41.2 Å². The Morgan fingerprint density at radius 3 is 1.81 bits per heavy atom. The van der Waals surface area contributed by atoms with Crippen LogP contribution < -0.4 is 10.1 Å². The quantitative estimate of drug-likeness (QED) is 0.149. The molecule has 0 unspecified atom stereocenters. The SMILES string of the molecule is CCOC(=O)CN(CC(=O)OCC)C(=O)OCOc1ccc(Cl)cc1C(=O)Nc1cc(C(F)(F)F)cc(C(F)(F)F)c1. The number of halogens is 7. The van der Waals surface area contributed by atoms with Crippen LogP contribution in [0.5, 0.6) is 5.75 Å². The molecule has 2 rings (SSSR count). The molecule has 0 atom stereocenters. The van der Waals surface area contributed by atoms with E-state index < -0.39 is 78.6 Å². The Balaban J connectivity index is 2.22. The molecule has 0 radical (unpaired) electrons. The van der Waals surface area contributed by atoms with Crippen LogP contribution in [0.3, 0.4) is 0 Å². The molecule has 0 aromatic heterocycles. The van der Waals surface area contributed by atoms with Gasteiger partial charge in [0.25, 0.3) is 5.91 Å². The first-order valence-corrected chi connectivity index (χ1v) is 12.2. The summed E-state index contributed by atoms with van der Waals surface area (Å²) in [6.07, 6.45) is -11.5. The maximum Gasteiger partial charge on any atom is 0.416 e. The molecule has 0 aliphatic carbocycles. The number of hydrogen-bond donors (Lipinski definition) is 1. The lowest BCUT2D eigenvalue weighted by Gasteiger charge is -2.20. The third kappa shape index (κ3) is 10.3. The zero-order chi connectivity index (χ0) is 31.7. The lowest BCUT2D eigenvalue weighted by atomic mass is 10.1. The number of anilines is 1. The molecule has 0 saturated carbocycles. The number of alkyl halides is 6. The molecule has 230 valence electrons. The predicted molar refractivity (Wildman–Crippen MR) is 133 cm³/mol. The molecular formula is C25H23ClF6N2O8.